The number of carbonyl (C=O) groups is 1. The molecule has 1 amide bonds. The van der Waals surface area contributed by atoms with Crippen LogP contribution in [0.3, 0.4) is 0 Å². The van der Waals surface area contributed by atoms with E-state index in [-0.39, 0.29) is 24.0 Å². The maximum atomic E-state index is 13.3. The van der Waals surface area contributed by atoms with Crippen molar-refractivity contribution in [2.45, 2.75) is 52.7 Å². The van der Waals surface area contributed by atoms with E-state index in [1.807, 2.05) is 30.9 Å². The lowest BCUT2D eigenvalue weighted by molar-refractivity contribution is -0.0489. The molecule has 0 radical (unpaired) electrons. The lowest BCUT2D eigenvalue weighted by Gasteiger charge is -2.39. The summed E-state index contributed by atoms with van der Waals surface area (Å²) in [5, 5.41) is 0. The van der Waals surface area contributed by atoms with Gasteiger partial charge in [-0.25, -0.2) is 9.97 Å². The molecule has 0 spiro atoms. The molecule has 3 rings (SSSR count). The fraction of sp³-hybridized carbons (Fsp3) is 0.476. The fourth-order valence-electron chi connectivity index (χ4n) is 3.42. The molecule has 0 bridgehead atoms. The average molecular weight is 353 g/mol. The Balaban J connectivity index is 1.90. The first-order valence-electron chi connectivity index (χ1n) is 9.20. The Labute approximate surface area is 155 Å². The van der Waals surface area contributed by atoms with E-state index in [9.17, 15) is 4.79 Å². The molecule has 5 heteroatoms. The van der Waals surface area contributed by atoms with Gasteiger partial charge in [0.05, 0.1) is 30.5 Å². The molecule has 1 fully saturated rings. The van der Waals surface area contributed by atoms with E-state index in [2.05, 4.69) is 42.9 Å². The topological polar surface area (TPSA) is 55.3 Å². The summed E-state index contributed by atoms with van der Waals surface area (Å²) in [5.74, 6) is 0.848. The smallest absolute Gasteiger partial charge is 0.257 e. The van der Waals surface area contributed by atoms with Gasteiger partial charge >= 0.3 is 0 Å². The number of ether oxygens (including phenoxy) is 1. The third kappa shape index (κ3) is 3.63. The molecule has 1 aliphatic rings. The van der Waals surface area contributed by atoms with Crippen LogP contribution in [0.15, 0.2) is 30.5 Å². The van der Waals surface area contributed by atoms with Gasteiger partial charge in [0, 0.05) is 6.20 Å². The maximum absolute atomic E-state index is 13.3. The van der Waals surface area contributed by atoms with Crippen molar-refractivity contribution in [3.8, 4) is 0 Å². The van der Waals surface area contributed by atoms with Crippen molar-refractivity contribution in [3.05, 3.63) is 58.7 Å². The molecule has 2 heterocycles. The first kappa shape index (κ1) is 18.5. The van der Waals surface area contributed by atoms with E-state index in [1.165, 1.54) is 5.56 Å². The highest BCUT2D eigenvalue weighted by molar-refractivity contribution is 5.95. The van der Waals surface area contributed by atoms with Gasteiger partial charge in [-0.3, -0.25) is 4.79 Å². The third-order valence-electron chi connectivity index (χ3n) is 4.95. The number of amides is 1. The van der Waals surface area contributed by atoms with Crippen LogP contribution < -0.4 is 0 Å². The minimum atomic E-state index is -0.106. The molecule has 1 aliphatic heterocycles. The number of rotatable bonds is 3. The molecule has 5 nitrogen and oxygen atoms in total. The van der Waals surface area contributed by atoms with Crippen molar-refractivity contribution in [2.75, 3.05) is 13.2 Å². The second kappa shape index (κ2) is 7.54. The molecule has 0 saturated carbocycles. The van der Waals surface area contributed by atoms with Crippen molar-refractivity contribution in [3.63, 3.8) is 0 Å². The Morgan fingerprint density at radius 3 is 2.69 bits per heavy atom. The lowest BCUT2D eigenvalue weighted by atomic mass is 9.99. The number of morpholine rings is 1. The number of carbonyl (C=O) groups excluding carboxylic acids is 1. The molecular weight excluding hydrogens is 326 g/mol. The van der Waals surface area contributed by atoms with Crippen molar-refractivity contribution in [2.24, 2.45) is 0 Å². The molecule has 26 heavy (non-hydrogen) atoms. The van der Waals surface area contributed by atoms with Crippen LogP contribution in [-0.4, -0.2) is 40.0 Å². The average Bonchev–Trinajstić information content (AvgIpc) is 2.62. The van der Waals surface area contributed by atoms with E-state index in [4.69, 9.17) is 4.74 Å². The molecule has 1 saturated heterocycles. The van der Waals surface area contributed by atoms with Crippen molar-refractivity contribution >= 4 is 5.91 Å². The van der Waals surface area contributed by atoms with Crippen LogP contribution in [0, 0.1) is 13.8 Å². The zero-order chi connectivity index (χ0) is 18.8. The van der Waals surface area contributed by atoms with Gasteiger partial charge in [-0.05, 0) is 37.8 Å². The highest BCUT2D eigenvalue weighted by Gasteiger charge is 2.33. The van der Waals surface area contributed by atoms with E-state index in [1.54, 1.807) is 6.20 Å². The van der Waals surface area contributed by atoms with Crippen LogP contribution >= 0.6 is 0 Å². The van der Waals surface area contributed by atoms with E-state index >= 15 is 0 Å². The van der Waals surface area contributed by atoms with Gasteiger partial charge in [0.2, 0.25) is 0 Å². The fourth-order valence-corrected chi connectivity index (χ4v) is 3.42. The summed E-state index contributed by atoms with van der Waals surface area (Å²) >= 11 is 0. The van der Waals surface area contributed by atoms with Crippen molar-refractivity contribution < 1.29 is 9.53 Å². The van der Waals surface area contributed by atoms with Crippen molar-refractivity contribution in [1.29, 1.82) is 0 Å². The Bertz CT molecular complexity index is 804. The largest absolute Gasteiger partial charge is 0.370 e. The summed E-state index contributed by atoms with van der Waals surface area (Å²) in [6, 6.07) is 8.21. The molecule has 138 valence electrons. The molecule has 1 aromatic carbocycles. The monoisotopic (exact) mass is 353 g/mol. The molecule has 2 atom stereocenters. The minimum absolute atomic E-state index is 0.0110. The Hall–Kier alpha value is -2.27. The van der Waals surface area contributed by atoms with E-state index in [0.29, 0.717) is 24.5 Å². The summed E-state index contributed by atoms with van der Waals surface area (Å²) in [6.07, 6.45) is 1.57. The quantitative estimate of drug-likeness (QED) is 0.842. The van der Waals surface area contributed by atoms with Crippen LogP contribution in [0.25, 0.3) is 0 Å². The highest BCUT2D eigenvalue weighted by Crippen LogP contribution is 2.29. The highest BCUT2D eigenvalue weighted by atomic mass is 16.5. The number of aryl methyl sites for hydroxylation is 2. The van der Waals surface area contributed by atoms with Crippen LogP contribution in [-0.2, 0) is 4.74 Å². The predicted molar refractivity (Wildman–Crippen MR) is 101 cm³/mol. The van der Waals surface area contributed by atoms with E-state index < -0.39 is 0 Å². The molecule has 0 N–H and O–H groups in total. The van der Waals surface area contributed by atoms with Gasteiger partial charge < -0.3 is 9.64 Å². The van der Waals surface area contributed by atoms with Crippen LogP contribution in [0.1, 0.15) is 65.8 Å². The molecule has 1 aromatic heterocycles. The first-order valence-corrected chi connectivity index (χ1v) is 9.20. The minimum Gasteiger partial charge on any atom is -0.370 e. The molecule has 0 aliphatic carbocycles. The number of hydrogen-bond acceptors (Lipinski definition) is 4. The van der Waals surface area contributed by atoms with Crippen molar-refractivity contribution in [1.82, 2.24) is 14.9 Å². The Morgan fingerprint density at radius 2 is 2.00 bits per heavy atom. The number of hydrogen-bond donors (Lipinski definition) is 0. The van der Waals surface area contributed by atoms with Crippen LogP contribution in [0.4, 0.5) is 0 Å². The number of aromatic nitrogens is 2. The summed E-state index contributed by atoms with van der Waals surface area (Å²) in [7, 11) is 0. The van der Waals surface area contributed by atoms with Gasteiger partial charge in [-0.1, -0.05) is 38.1 Å². The SMILES string of the molecule is Cc1ncc(C(=O)N2CC(c3ccccc3C)OCC2C)c(C(C)C)n1. The summed E-state index contributed by atoms with van der Waals surface area (Å²) in [6.45, 7) is 11.1. The summed E-state index contributed by atoms with van der Waals surface area (Å²) in [5.41, 5.74) is 3.74. The zero-order valence-corrected chi connectivity index (χ0v) is 16.2. The second-order valence-corrected chi connectivity index (χ2v) is 7.36. The third-order valence-corrected chi connectivity index (χ3v) is 4.95. The maximum Gasteiger partial charge on any atom is 0.257 e. The standard InChI is InChI=1S/C21H27N3O2/c1-13(2)20-18(10-22-16(5)23-20)21(25)24-11-19(26-12-15(24)4)17-9-7-6-8-14(17)3/h6-10,13,15,19H,11-12H2,1-5H3. The number of nitrogens with zero attached hydrogens (tertiary/aromatic N) is 3. The van der Waals surface area contributed by atoms with Gasteiger partial charge in [0.15, 0.2) is 0 Å². The van der Waals surface area contributed by atoms with Gasteiger partial charge in [0.25, 0.3) is 5.91 Å². The summed E-state index contributed by atoms with van der Waals surface area (Å²) < 4.78 is 6.05. The lowest BCUT2D eigenvalue weighted by Crippen LogP contribution is -2.48. The summed E-state index contributed by atoms with van der Waals surface area (Å²) in [4.78, 5) is 24.0. The predicted octanol–water partition coefficient (Wildman–Crippen LogP) is 3.82. The van der Waals surface area contributed by atoms with Crippen LogP contribution in [0.5, 0.6) is 0 Å². The molecule has 2 aromatic rings. The molecule has 2 unspecified atom stereocenters. The van der Waals surface area contributed by atoms with E-state index in [0.717, 1.165) is 11.3 Å². The normalized spacial score (nSPS) is 20.5. The van der Waals surface area contributed by atoms with Gasteiger partial charge in [-0.15, -0.1) is 0 Å². The number of benzene rings is 1. The zero-order valence-electron chi connectivity index (χ0n) is 16.2. The second-order valence-electron chi connectivity index (χ2n) is 7.36. The Morgan fingerprint density at radius 1 is 1.27 bits per heavy atom. The molecular formula is C21H27N3O2. The Kier molecular flexibility index (Phi) is 5.37. The van der Waals surface area contributed by atoms with Crippen LogP contribution in [0.2, 0.25) is 0 Å². The van der Waals surface area contributed by atoms with Gasteiger partial charge in [0.1, 0.15) is 11.9 Å². The van der Waals surface area contributed by atoms with Gasteiger partial charge in [-0.2, -0.15) is 0 Å². The first-order chi connectivity index (χ1) is 12.4.